The van der Waals surface area contributed by atoms with Gasteiger partial charge < -0.3 is 5.11 Å². The molecule has 1 aliphatic rings. The van der Waals surface area contributed by atoms with Crippen LogP contribution in [0.5, 0.6) is 5.75 Å². The number of rotatable bonds is 2. The summed E-state index contributed by atoms with van der Waals surface area (Å²) in [5.41, 5.74) is 1.02. The highest BCUT2D eigenvalue weighted by molar-refractivity contribution is 5.39. The summed E-state index contributed by atoms with van der Waals surface area (Å²) in [6.07, 6.45) is 2.41. The quantitative estimate of drug-likeness (QED) is 0.835. The molecule has 1 aromatic carbocycles. The van der Waals surface area contributed by atoms with Gasteiger partial charge in [-0.05, 0) is 44.0 Å². The van der Waals surface area contributed by atoms with Crippen LogP contribution in [0.1, 0.15) is 30.4 Å². The minimum absolute atomic E-state index is 0.280. The molecule has 0 radical (unpaired) electrons. The van der Waals surface area contributed by atoms with Gasteiger partial charge >= 0.3 is 0 Å². The Hall–Kier alpha value is -1.84. The topological polar surface area (TPSA) is 50.9 Å². The van der Waals surface area contributed by atoms with E-state index in [0.717, 1.165) is 17.3 Å². The molecule has 1 saturated carbocycles. The molecule has 1 fully saturated rings. The van der Waals surface area contributed by atoms with Crippen molar-refractivity contribution in [1.29, 1.82) is 0 Å². The second-order valence-electron chi connectivity index (χ2n) is 4.23. The van der Waals surface area contributed by atoms with Crippen molar-refractivity contribution in [2.75, 3.05) is 0 Å². The lowest BCUT2D eigenvalue weighted by atomic mass is 10.3. The van der Waals surface area contributed by atoms with Gasteiger partial charge in [0.2, 0.25) is 0 Å². The summed E-state index contributed by atoms with van der Waals surface area (Å²) >= 11 is 0. The number of hydrogen-bond acceptors (Lipinski definition) is 3. The fraction of sp³-hybridized carbons (Fsp3) is 0.333. The summed E-state index contributed by atoms with van der Waals surface area (Å²) in [6.45, 7) is 1.95. The summed E-state index contributed by atoms with van der Waals surface area (Å²) < 4.78 is 2.07. The molecule has 0 saturated heterocycles. The average molecular weight is 215 g/mol. The molecule has 1 N–H and O–H groups in total. The van der Waals surface area contributed by atoms with Crippen LogP contribution in [0.3, 0.4) is 0 Å². The molecule has 2 aromatic rings. The SMILES string of the molecule is Cc1nnc(C2CC2)n1-c1ccc(O)cc1. The number of phenolic OH excluding ortho intramolecular Hbond substituents is 1. The van der Waals surface area contributed by atoms with E-state index in [-0.39, 0.29) is 5.75 Å². The summed E-state index contributed by atoms with van der Waals surface area (Å²) in [4.78, 5) is 0. The molecular formula is C12H13N3O. The van der Waals surface area contributed by atoms with Gasteiger partial charge in [-0.2, -0.15) is 0 Å². The van der Waals surface area contributed by atoms with Crippen LogP contribution in [0, 0.1) is 6.92 Å². The molecule has 0 amide bonds. The fourth-order valence-electron chi connectivity index (χ4n) is 1.91. The fourth-order valence-corrected chi connectivity index (χ4v) is 1.91. The predicted molar refractivity (Wildman–Crippen MR) is 59.7 cm³/mol. The van der Waals surface area contributed by atoms with Crippen molar-refractivity contribution in [2.45, 2.75) is 25.7 Å². The first-order valence-corrected chi connectivity index (χ1v) is 5.47. The monoisotopic (exact) mass is 215 g/mol. The van der Waals surface area contributed by atoms with E-state index in [9.17, 15) is 5.11 Å². The van der Waals surface area contributed by atoms with Gasteiger partial charge in [0, 0.05) is 11.6 Å². The number of aromatic nitrogens is 3. The van der Waals surface area contributed by atoms with Gasteiger partial charge in [0.25, 0.3) is 0 Å². The van der Waals surface area contributed by atoms with Crippen molar-refractivity contribution in [3.63, 3.8) is 0 Å². The molecule has 0 atom stereocenters. The first-order valence-electron chi connectivity index (χ1n) is 5.47. The molecule has 3 rings (SSSR count). The minimum Gasteiger partial charge on any atom is -0.508 e. The Morgan fingerprint density at radius 3 is 2.50 bits per heavy atom. The van der Waals surface area contributed by atoms with E-state index >= 15 is 0 Å². The normalized spacial score (nSPS) is 15.3. The third-order valence-electron chi connectivity index (χ3n) is 2.90. The van der Waals surface area contributed by atoms with E-state index in [4.69, 9.17) is 0 Å². The molecule has 1 aromatic heterocycles. The van der Waals surface area contributed by atoms with Crippen LogP contribution < -0.4 is 0 Å². The van der Waals surface area contributed by atoms with Crippen molar-refractivity contribution >= 4 is 0 Å². The summed E-state index contributed by atoms with van der Waals surface area (Å²) in [5.74, 6) is 2.79. The second-order valence-corrected chi connectivity index (χ2v) is 4.23. The molecule has 1 aliphatic carbocycles. The van der Waals surface area contributed by atoms with Crippen molar-refractivity contribution in [1.82, 2.24) is 14.8 Å². The lowest BCUT2D eigenvalue weighted by Gasteiger charge is -2.07. The molecule has 0 unspecified atom stereocenters. The van der Waals surface area contributed by atoms with E-state index in [2.05, 4.69) is 14.8 Å². The van der Waals surface area contributed by atoms with Crippen molar-refractivity contribution in [2.24, 2.45) is 0 Å². The Morgan fingerprint density at radius 1 is 1.19 bits per heavy atom. The van der Waals surface area contributed by atoms with Crippen LogP contribution in [0.2, 0.25) is 0 Å². The van der Waals surface area contributed by atoms with Crippen LogP contribution in [0.25, 0.3) is 5.69 Å². The molecule has 82 valence electrons. The highest BCUT2D eigenvalue weighted by atomic mass is 16.3. The van der Waals surface area contributed by atoms with Gasteiger partial charge in [-0.3, -0.25) is 4.57 Å². The minimum atomic E-state index is 0.280. The van der Waals surface area contributed by atoms with Crippen LogP contribution in [-0.4, -0.2) is 19.9 Å². The third-order valence-corrected chi connectivity index (χ3v) is 2.90. The van der Waals surface area contributed by atoms with Crippen molar-refractivity contribution < 1.29 is 5.11 Å². The molecule has 1 heterocycles. The first kappa shape index (κ1) is 9.39. The van der Waals surface area contributed by atoms with Crippen molar-refractivity contribution in [3.05, 3.63) is 35.9 Å². The summed E-state index contributed by atoms with van der Waals surface area (Å²) in [7, 11) is 0. The molecule has 0 spiro atoms. The van der Waals surface area contributed by atoms with E-state index in [1.54, 1.807) is 12.1 Å². The van der Waals surface area contributed by atoms with Crippen LogP contribution in [0.15, 0.2) is 24.3 Å². The predicted octanol–water partition coefficient (Wildman–Crippen LogP) is 2.16. The van der Waals surface area contributed by atoms with E-state index < -0.39 is 0 Å². The Bertz CT molecular complexity index is 512. The highest BCUT2D eigenvalue weighted by Gasteiger charge is 2.30. The summed E-state index contributed by atoms with van der Waals surface area (Å²) in [5, 5.41) is 17.6. The average Bonchev–Trinajstić information content (AvgIpc) is 3.05. The van der Waals surface area contributed by atoms with Gasteiger partial charge in [-0.1, -0.05) is 0 Å². The Kier molecular flexibility index (Phi) is 1.96. The smallest absolute Gasteiger partial charge is 0.140 e. The highest BCUT2D eigenvalue weighted by Crippen LogP contribution is 2.40. The zero-order chi connectivity index (χ0) is 11.1. The number of benzene rings is 1. The zero-order valence-electron chi connectivity index (χ0n) is 9.09. The molecule has 4 nitrogen and oxygen atoms in total. The Labute approximate surface area is 93.6 Å². The molecule has 0 aliphatic heterocycles. The van der Waals surface area contributed by atoms with Gasteiger partial charge in [-0.25, -0.2) is 0 Å². The Morgan fingerprint density at radius 2 is 1.88 bits per heavy atom. The lowest BCUT2D eigenvalue weighted by molar-refractivity contribution is 0.475. The van der Waals surface area contributed by atoms with Crippen LogP contribution in [-0.2, 0) is 0 Å². The van der Waals surface area contributed by atoms with E-state index in [0.29, 0.717) is 5.92 Å². The molecule has 0 bridgehead atoms. The van der Waals surface area contributed by atoms with Gasteiger partial charge in [0.05, 0.1) is 0 Å². The van der Waals surface area contributed by atoms with Crippen molar-refractivity contribution in [3.8, 4) is 11.4 Å². The number of hydrogen-bond donors (Lipinski definition) is 1. The maximum Gasteiger partial charge on any atom is 0.140 e. The zero-order valence-corrected chi connectivity index (χ0v) is 9.09. The van der Waals surface area contributed by atoms with Gasteiger partial charge in [0.1, 0.15) is 17.4 Å². The number of aromatic hydroxyl groups is 1. The lowest BCUT2D eigenvalue weighted by Crippen LogP contribution is -2.01. The maximum absolute atomic E-state index is 9.27. The van der Waals surface area contributed by atoms with Crippen LogP contribution in [0.4, 0.5) is 0 Å². The third kappa shape index (κ3) is 1.46. The molecule has 16 heavy (non-hydrogen) atoms. The second kappa shape index (κ2) is 3.33. The standard InChI is InChI=1S/C12H13N3O/c1-8-13-14-12(9-2-3-9)15(8)10-4-6-11(16)7-5-10/h4-7,9,16H,2-3H2,1H3. The van der Waals surface area contributed by atoms with E-state index in [1.165, 1.54) is 12.8 Å². The number of phenols is 1. The largest absolute Gasteiger partial charge is 0.508 e. The molecule has 4 heteroatoms. The maximum atomic E-state index is 9.27. The number of aryl methyl sites for hydroxylation is 1. The summed E-state index contributed by atoms with van der Waals surface area (Å²) in [6, 6.07) is 7.14. The van der Waals surface area contributed by atoms with Gasteiger partial charge in [-0.15, -0.1) is 10.2 Å². The van der Waals surface area contributed by atoms with Crippen LogP contribution >= 0.6 is 0 Å². The van der Waals surface area contributed by atoms with Gasteiger partial charge in [0.15, 0.2) is 0 Å². The molecular weight excluding hydrogens is 202 g/mol. The Balaban J connectivity index is 2.10. The van der Waals surface area contributed by atoms with E-state index in [1.807, 2.05) is 19.1 Å². The first-order chi connectivity index (χ1) is 7.75. The number of nitrogens with zero attached hydrogens (tertiary/aromatic N) is 3.